The van der Waals surface area contributed by atoms with Crippen LogP contribution in [0.3, 0.4) is 0 Å². The lowest BCUT2D eigenvalue weighted by atomic mass is 10.0. The second-order valence-electron chi connectivity index (χ2n) is 5.12. The fourth-order valence-electron chi connectivity index (χ4n) is 2.11. The number of carbonyl (C=O) groups excluding carboxylic acids is 1. The van der Waals surface area contributed by atoms with Crippen LogP contribution in [-0.2, 0) is 4.79 Å². The number of hydrogen-bond donors (Lipinski definition) is 2. The van der Waals surface area contributed by atoms with E-state index in [-0.39, 0.29) is 5.91 Å². The highest BCUT2D eigenvalue weighted by Gasteiger charge is 2.19. The molecule has 0 radical (unpaired) electrons. The summed E-state index contributed by atoms with van der Waals surface area (Å²) in [7, 11) is 2.15. The Hall–Kier alpha value is -0.610. The number of hydrogen-bond acceptors (Lipinski definition) is 3. The van der Waals surface area contributed by atoms with Crippen LogP contribution in [0.5, 0.6) is 0 Å². The van der Waals surface area contributed by atoms with E-state index in [9.17, 15) is 4.79 Å². The highest BCUT2D eigenvalue weighted by molar-refractivity contribution is 5.78. The normalized spacial score (nSPS) is 23.4. The first kappa shape index (κ1) is 14.5. The molecule has 0 aromatic heterocycles. The van der Waals surface area contributed by atoms with Gasteiger partial charge in [-0.2, -0.15) is 0 Å². The minimum absolute atomic E-state index is 0.115. The number of amides is 1. The molecule has 0 spiro atoms. The Balaban J connectivity index is 2.14. The first-order valence-electron chi connectivity index (χ1n) is 6.83. The molecule has 0 aromatic rings. The molecule has 1 amide bonds. The summed E-state index contributed by atoms with van der Waals surface area (Å²) in [6, 6.07) is 0.939. The summed E-state index contributed by atoms with van der Waals surface area (Å²) in [5.41, 5.74) is 0. The van der Waals surface area contributed by atoms with Crippen molar-refractivity contribution in [3.8, 4) is 0 Å². The van der Waals surface area contributed by atoms with Crippen LogP contribution in [0.4, 0.5) is 0 Å². The van der Waals surface area contributed by atoms with Crippen molar-refractivity contribution in [3.63, 3.8) is 0 Å². The molecule has 1 aliphatic heterocycles. The van der Waals surface area contributed by atoms with E-state index in [4.69, 9.17) is 0 Å². The van der Waals surface area contributed by atoms with Crippen molar-refractivity contribution in [2.75, 3.05) is 26.7 Å². The monoisotopic (exact) mass is 241 g/mol. The lowest BCUT2D eigenvalue weighted by Crippen LogP contribution is -2.46. The van der Waals surface area contributed by atoms with Crippen LogP contribution in [0.2, 0.25) is 0 Å². The van der Waals surface area contributed by atoms with Crippen molar-refractivity contribution in [1.29, 1.82) is 0 Å². The highest BCUT2D eigenvalue weighted by Crippen LogP contribution is 2.13. The predicted octanol–water partition coefficient (Wildman–Crippen LogP) is 0.975. The number of nitrogens with one attached hydrogen (secondary N) is 2. The van der Waals surface area contributed by atoms with Crippen molar-refractivity contribution in [1.82, 2.24) is 15.5 Å². The van der Waals surface area contributed by atoms with Gasteiger partial charge in [0.1, 0.15) is 0 Å². The summed E-state index contributed by atoms with van der Waals surface area (Å²) in [6.07, 6.45) is 4.83. The molecule has 1 aliphatic rings. The number of nitrogens with zero attached hydrogens (tertiary/aromatic N) is 1. The molecule has 1 fully saturated rings. The minimum atomic E-state index is 0.115. The zero-order valence-electron chi connectivity index (χ0n) is 11.5. The molecule has 0 saturated carbocycles. The minimum Gasteiger partial charge on any atom is -0.353 e. The topological polar surface area (TPSA) is 44.4 Å². The zero-order chi connectivity index (χ0) is 12.7. The van der Waals surface area contributed by atoms with Crippen LogP contribution in [0.25, 0.3) is 0 Å². The molecule has 17 heavy (non-hydrogen) atoms. The van der Waals surface area contributed by atoms with Crippen LogP contribution in [0.15, 0.2) is 0 Å². The Morgan fingerprint density at radius 1 is 1.47 bits per heavy atom. The van der Waals surface area contributed by atoms with E-state index in [1.54, 1.807) is 0 Å². The van der Waals surface area contributed by atoms with Gasteiger partial charge in [-0.1, -0.05) is 13.3 Å². The number of carbonyl (C=O) groups is 1. The van der Waals surface area contributed by atoms with E-state index in [2.05, 4.69) is 36.4 Å². The van der Waals surface area contributed by atoms with Crippen LogP contribution in [0.1, 0.15) is 39.5 Å². The molecule has 0 bridgehead atoms. The van der Waals surface area contributed by atoms with E-state index in [1.807, 2.05) is 0 Å². The van der Waals surface area contributed by atoms with Gasteiger partial charge in [0, 0.05) is 18.6 Å². The van der Waals surface area contributed by atoms with Gasteiger partial charge in [0.05, 0.1) is 6.54 Å². The molecule has 0 aliphatic carbocycles. The number of likely N-dealkylation sites (N-methyl/N-ethyl adjacent to an activating group) is 1. The van der Waals surface area contributed by atoms with E-state index >= 15 is 0 Å². The largest absolute Gasteiger partial charge is 0.353 e. The third-order valence-corrected chi connectivity index (χ3v) is 3.68. The van der Waals surface area contributed by atoms with Gasteiger partial charge in [0.2, 0.25) is 5.91 Å². The summed E-state index contributed by atoms with van der Waals surface area (Å²) in [6.45, 7) is 6.60. The molecule has 2 unspecified atom stereocenters. The van der Waals surface area contributed by atoms with Crippen molar-refractivity contribution >= 4 is 5.91 Å². The van der Waals surface area contributed by atoms with Crippen molar-refractivity contribution in [3.05, 3.63) is 0 Å². The van der Waals surface area contributed by atoms with Gasteiger partial charge >= 0.3 is 0 Å². The molecular weight excluding hydrogens is 214 g/mol. The molecule has 1 rings (SSSR count). The summed E-state index contributed by atoms with van der Waals surface area (Å²) in [4.78, 5) is 14.0. The summed E-state index contributed by atoms with van der Waals surface area (Å²) < 4.78 is 0. The second-order valence-corrected chi connectivity index (χ2v) is 5.12. The summed E-state index contributed by atoms with van der Waals surface area (Å²) in [5, 5.41) is 6.22. The Bertz CT molecular complexity index is 233. The SMILES string of the molecule is CCC(C)NCC(=O)NCC1CCCCN1C. The van der Waals surface area contributed by atoms with E-state index in [0.717, 1.165) is 19.5 Å². The Morgan fingerprint density at radius 3 is 2.88 bits per heavy atom. The van der Waals surface area contributed by atoms with E-state index in [0.29, 0.717) is 18.6 Å². The van der Waals surface area contributed by atoms with Crippen LogP contribution < -0.4 is 10.6 Å². The number of piperidine rings is 1. The third kappa shape index (κ3) is 5.50. The average Bonchev–Trinajstić information content (AvgIpc) is 2.35. The molecule has 1 saturated heterocycles. The van der Waals surface area contributed by atoms with Gasteiger partial charge in [0.15, 0.2) is 0 Å². The molecule has 4 nitrogen and oxygen atoms in total. The van der Waals surface area contributed by atoms with Crippen molar-refractivity contribution in [2.24, 2.45) is 0 Å². The maximum Gasteiger partial charge on any atom is 0.234 e. The fourth-order valence-corrected chi connectivity index (χ4v) is 2.11. The van der Waals surface area contributed by atoms with Gasteiger partial charge < -0.3 is 15.5 Å². The Morgan fingerprint density at radius 2 is 2.24 bits per heavy atom. The van der Waals surface area contributed by atoms with Crippen LogP contribution in [0, 0.1) is 0 Å². The highest BCUT2D eigenvalue weighted by atomic mass is 16.1. The maximum absolute atomic E-state index is 11.6. The molecule has 1 heterocycles. The predicted molar refractivity (Wildman–Crippen MR) is 71.0 cm³/mol. The number of rotatable bonds is 6. The first-order valence-corrected chi connectivity index (χ1v) is 6.83. The van der Waals surface area contributed by atoms with Gasteiger partial charge in [0.25, 0.3) is 0 Å². The summed E-state index contributed by atoms with van der Waals surface area (Å²) in [5.74, 6) is 0.115. The van der Waals surface area contributed by atoms with Crippen LogP contribution in [-0.4, -0.2) is 49.6 Å². The lowest BCUT2D eigenvalue weighted by molar-refractivity contribution is -0.120. The molecule has 2 N–H and O–H groups in total. The smallest absolute Gasteiger partial charge is 0.234 e. The molecular formula is C13H27N3O. The van der Waals surface area contributed by atoms with Crippen LogP contribution >= 0.6 is 0 Å². The van der Waals surface area contributed by atoms with Crippen molar-refractivity contribution in [2.45, 2.75) is 51.6 Å². The maximum atomic E-state index is 11.6. The third-order valence-electron chi connectivity index (χ3n) is 3.68. The quantitative estimate of drug-likeness (QED) is 0.728. The second kappa shape index (κ2) is 7.67. The molecule has 2 atom stereocenters. The zero-order valence-corrected chi connectivity index (χ0v) is 11.5. The molecule has 4 heteroatoms. The van der Waals surface area contributed by atoms with E-state index < -0.39 is 0 Å². The molecule has 100 valence electrons. The number of likely N-dealkylation sites (tertiary alicyclic amines) is 1. The van der Waals surface area contributed by atoms with E-state index in [1.165, 1.54) is 19.3 Å². The first-order chi connectivity index (χ1) is 8.13. The van der Waals surface area contributed by atoms with Gasteiger partial charge in [-0.3, -0.25) is 4.79 Å². The Kier molecular flexibility index (Phi) is 6.52. The molecule has 0 aromatic carbocycles. The van der Waals surface area contributed by atoms with Gasteiger partial charge in [-0.15, -0.1) is 0 Å². The van der Waals surface area contributed by atoms with Crippen molar-refractivity contribution < 1.29 is 4.79 Å². The summed E-state index contributed by atoms with van der Waals surface area (Å²) >= 11 is 0. The Labute approximate surface area is 105 Å². The fraction of sp³-hybridized carbons (Fsp3) is 0.923. The van der Waals surface area contributed by atoms with Gasteiger partial charge in [-0.05, 0) is 39.8 Å². The lowest BCUT2D eigenvalue weighted by Gasteiger charge is -2.32. The standard InChI is InChI=1S/C13H27N3O/c1-4-11(2)14-10-13(17)15-9-12-7-5-6-8-16(12)3/h11-12,14H,4-10H2,1-3H3,(H,15,17). The average molecular weight is 241 g/mol. The van der Waals surface area contributed by atoms with Gasteiger partial charge in [-0.25, -0.2) is 0 Å².